The molecule has 1 aromatic heterocycles. The molecule has 3 aromatic rings. The summed E-state index contributed by atoms with van der Waals surface area (Å²) in [4.78, 5) is 26.0. The van der Waals surface area contributed by atoms with Crippen LogP contribution in [0.25, 0.3) is 11.1 Å². The second kappa shape index (κ2) is 12.7. The zero-order chi connectivity index (χ0) is 27.1. The number of carbonyl (C=O) groups excluding carboxylic acids is 1. The Labute approximate surface area is 225 Å². The van der Waals surface area contributed by atoms with E-state index in [1.807, 2.05) is 14.0 Å². The van der Waals surface area contributed by atoms with Crippen molar-refractivity contribution in [1.82, 2.24) is 25.1 Å². The van der Waals surface area contributed by atoms with Crippen molar-refractivity contribution in [1.29, 1.82) is 0 Å². The van der Waals surface area contributed by atoms with Gasteiger partial charge in [-0.1, -0.05) is 42.5 Å². The Hall–Kier alpha value is -3.69. The number of ether oxygens (including phenoxy) is 2. The van der Waals surface area contributed by atoms with Crippen LogP contribution in [0.3, 0.4) is 0 Å². The predicted octanol–water partition coefficient (Wildman–Crippen LogP) is 4.45. The van der Waals surface area contributed by atoms with Crippen LogP contribution in [-0.4, -0.2) is 66.8 Å². The van der Waals surface area contributed by atoms with E-state index in [0.717, 1.165) is 23.4 Å². The zero-order valence-corrected chi connectivity index (χ0v) is 23.0. The molecule has 0 aliphatic carbocycles. The van der Waals surface area contributed by atoms with Gasteiger partial charge in [0.1, 0.15) is 5.82 Å². The predicted molar refractivity (Wildman–Crippen MR) is 149 cm³/mol. The van der Waals surface area contributed by atoms with Crippen LogP contribution in [0.5, 0.6) is 6.01 Å². The Morgan fingerprint density at radius 3 is 2.68 bits per heavy atom. The van der Waals surface area contributed by atoms with E-state index in [4.69, 9.17) is 9.47 Å². The Morgan fingerprint density at radius 1 is 1.13 bits per heavy atom. The second-order valence-corrected chi connectivity index (χ2v) is 9.37. The van der Waals surface area contributed by atoms with Gasteiger partial charge in [0, 0.05) is 38.3 Å². The molecule has 9 nitrogen and oxygen atoms in total. The number of anilines is 1. The van der Waals surface area contributed by atoms with Gasteiger partial charge in [-0.05, 0) is 49.2 Å². The third-order valence-electron chi connectivity index (χ3n) is 6.87. The molecule has 38 heavy (non-hydrogen) atoms. The highest BCUT2D eigenvalue weighted by Gasteiger charge is 2.31. The molecule has 2 aromatic carbocycles. The quantitative estimate of drug-likeness (QED) is 0.388. The summed E-state index contributed by atoms with van der Waals surface area (Å²) in [7, 11) is 5.16. The third-order valence-corrected chi connectivity index (χ3v) is 6.87. The molecule has 202 valence electrons. The van der Waals surface area contributed by atoms with Crippen molar-refractivity contribution in [2.75, 3.05) is 46.3 Å². The van der Waals surface area contributed by atoms with Gasteiger partial charge in [-0.2, -0.15) is 9.97 Å². The maximum atomic E-state index is 13.2. The SMILES string of the molecule is CCN(CCOC)C(=O)N1Cc2nc(OC)nc(NC(C)c3cccc(-c4ccccc4CNC)c3)c2C1. The van der Waals surface area contributed by atoms with Gasteiger partial charge in [0.2, 0.25) is 0 Å². The van der Waals surface area contributed by atoms with Gasteiger partial charge in [0.05, 0.1) is 32.5 Å². The Kier molecular flexibility index (Phi) is 9.15. The minimum atomic E-state index is -0.0338. The number of hydrogen-bond donors (Lipinski definition) is 2. The van der Waals surface area contributed by atoms with E-state index >= 15 is 0 Å². The van der Waals surface area contributed by atoms with Gasteiger partial charge in [-0.3, -0.25) is 0 Å². The number of fused-ring (bicyclic) bond motifs is 1. The molecular weight excluding hydrogens is 480 g/mol. The highest BCUT2D eigenvalue weighted by Crippen LogP contribution is 2.33. The first-order chi connectivity index (χ1) is 18.5. The van der Waals surface area contributed by atoms with Gasteiger partial charge in [0.25, 0.3) is 0 Å². The van der Waals surface area contributed by atoms with Crippen LogP contribution in [0, 0.1) is 0 Å². The summed E-state index contributed by atoms with van der Waals surface area (Å²) in [6.45, 7) is 7.39. The Morgan fingerprint density at radius 2 is 1.95 bits per heavy atom. The van der Waals surface area contributed by atoms with Crippen LogP contribution < -0.4 is 15.4 Å². The molecule has 2 heterocycles. The lowest BCUT2D eigenvalue weighted by Crippen LogP contribution is -2.42. The van der Waals surface area contributed by atoms with Gasteiger partial charge < -0.3 is 29.9 Å². The number of nitrogens with zero attached hydrogens (tertiary/aromatic N) is 4. The minimum Gasteiger partial charge on any atom is -0.467 e. The highest BCUT2D eigenvalue weighted by molar-refractivity contribution is 5.76. The van der Waals surface area contributed by atoms with Crippen molar-refractivity contribution in [3.05, 3.63) is 70.9 Å². The van der Waals surface area contributed by atoms with Crippen molar-refractivity contribution >= 4 is 11.8 Å². The number of amides is 2. The molecule has 0 spiro atoms. The van der Waals surface area contributed by atoms with E-state index in [9.17, 15) is 4.79 Å². The van der Waals surface area contributed by atoms with Crippen LogP contribution in [0.2, 0.25) is 0 Å². The number of rotatable bonds is 11. The van der Waals surface area contributed by atoms with E-state index in [1.165, 1.54) is 16.7 Å². The fraction of sp³-hybridized carbons (Fsp3) is 0.414. The van der Waals surface area contributed by atoms with Crippen molar-refractivity contribution in [3.63, 3.8) is 0 Å². The number of benzene rings is 2. The minimum absolute atomic E-state index is 0.0336. The summed E-state index contributed by atoms with van der Waals surface area (Å²) >= 11 is 0. The van der Waals surface area contributed by atoms with Crippen molar-refractivity contribution in [3.8, 4) is 17.1 Å². The largest absolute Gasteiger partial charge is 0.467 e. The first-order valence-electron chi connectivity index (χ1n) is 13.0. The fourth-order valence-corrected chi connectivity index (χ4v) is 4.78. The van der Waals surface area contributed by atoms with Crippen molar-refractivity contribution < 1.29 is 14.3 Å². The third kappa shape index (κ3) is 6.06. The maximum Gasteiger partial charge on any atom is 0.320 e. The van der Waals surface area contributed by atoms with E-state index in [-0.39, 0.29) is 18.1 Å². The molecule has 1 aliphatic rings. The molecule has 0 saturated heterocycles. The molecule has 0 saturated carbocycles. The van der Waals surface area contributed by atoms with Gasteiger partial charge >= 0.3 is 12.0 Å². The average molecular weight is 519 g/mol. The zero-order valence-electron chi connectivity index (χ0n) is 23.0. The molecule has 1 atom stereocenters. The number of carbonyl (C=O) groups is 1. The molecule has 0 fully saturated rings. The number of hydrogen-bond acceptors (Lipinski definition) is 7. The van der Waals surface area contributed by atoms with Gasteiger partial charge in [0.15, 0.2) is 0 Å². The van der Waals surface area contributed by atoms with Gasteiger partial charge in [-0.15, -0.1) is 0 Å². The van der Waals surface area contributed by atoms with E-state index in [1.54, 1.807) is 24.0 Å². The van der Waals surface area contributed by atoms with Crippen LogP contribution in [0.4, 0.5) is 10.6 Å². The topological polar surface area (TPSA) is 91.9 Å². The number of methoxy groups -OCH3 is 2. The molecule has 1 aliphatic heterocycles. The average Bonchev–Trinajstić information content (AvgIpc) is 3.38. The molecule has 0 bridgehead atoms. The van der Waals surface area contributed by atoms with Crippen LogP contribution in [0.1, 0.15) is 42.3 Å². The van der Waals surface area contributed by atoms with E-state index < -0.39 is 0 Å². The first-order valence-corrected chi connectivity index (χ1v) is 13.0. The standard InChI is InChI=1S/C29H38N6O3/c1-6-34(14-15-37-4)29(36)35-18-25-26(19-35)32-28(38-5)33-27(25)31-20(2)21-11-9-12-22(16-21)24-13-8-7-10-23(24)17-30-3/h7-13,16,20,30H,6,14-15,17-19H2,1-5H3,(H,31,32,33). The van der Waals surface area contributed by atoms with Crippen LogP contribution in [-0.2, 0) is 24.4 Å². The summed E-state index contributed by atoms with van der Waals surface area (Å²) < 4.78 is 10.6. The summed E-state index contributed by atoms with van der Waals surface area (Å²) in [5.41, 5.74) is 6.49. The van der Waals surface area contributed by atoms with Crippen LogP contribution >= 0.6 is 0 Å². The molecule has 9 heteroatoms. The number of urea groups is 1. The molecule has 2 amide bonds. The fourth-order valence-electron chi connectivity index (χ4n) is 4.78. The van der Waals surface area contributed by atoms with E-state index in [0.29, 0.717) is 38.6 Å². The first kappa shape index (κ1) is 27.3. The highest BCUT2D eigenvalue weighted by atomic mass is 16.5. The Bertz CT molecular complexity index is 1250. The summed E-state index contributed by atoms with van der Waals surface area (Å²) in [5.74, 6) is 0.690. The number of likely N-dealkylation sites (N-methyl/N-ethyl adjacent to an activating group) is 1. The molecule has 1 unspecified atom stereocenters. The lowest BCUT2D eigenvalue weighted by Gasteiger charge is -2.26. The van der Waals surface area contributed by atoms with Crippen molar-refractivity contribution in [2.45, 2.75) is 39.5 Å². The number of aromatic nitrogens is 2. The normalized spacial score (nSPS) is 13.2. The lowest BCUT2D eigenvalue weighted by atomic mass is 9.96. The molecular formula is C29H38N6O3. The number of nitrogens with one attached hydrogen (secondary N) is 2. The van der Waals surface area contributed by atoms with E-state index in [2.05, 4.69) is 76.1 Å². The Balaban J connectivity index is 1.57. The second-order valence-electron chi connectivity index (χ2n) is 9.37. The summed E-state index contributed by atoms with van der Waals surface area (Å²) in [6.07, 6.45) is 0. The molecule has 4 rings (SSSR count). The molecule has 2 N–H and O–H groups in total. The summed E-state index contributed by atoms with van der Waals surface area (Å²) in [5, 5.41) is 6.83. The maximum absolute atomic E-state index is 13.2. The lowest BCUT2D eigenvalue weighted by molar-refractivity contribution is 0.127. The smallest absolute Gasteiger partial charge is 0.320 e. The van der Waals surface area contributed by atoms with Crippen LogP contribution in [0.15, 0.2) is 48.5 Å². The van der Waals surface area contributed by atoms with Crippen molar-refractivity contribution in [2.24, 2.45) is 0 Å². The summed E-state index contributed by atoms with van der Waals surface area (Å²) in [6, 6.07) is 17.2. The monoisotopic (exact) mass is 518 g/mol. The molecule has 0 radical (unpaired) electrons. The van der Waals surface area contributed by atoms with Gasteiger partial charge in [-0.25, -0.2) is 4.79 Å².